The molecule has 2 saturated heterocycles. The van der Waals surface area contributed by atoms with Gasteiger partial charge in [-0.15, -0.1) is 0 Å². The van der Waals surface area contributed by atoms with Crippen LogP contribution in [-0.4, -0.2) is 60.8 Å². The van der Waals surface area contributed by atoms with Crippen LogP contribution in [0.3, 0.4) is 0 Å². The molecule has 1 spiro atoms. The molecule has 1 atom stereocenters. The predicted octanol–water partition coefficient (Wildman–Crippen LogP) is -0.456. The predicted molar refractivity (Wildman–Crippen MR) is 81.3 cm³/mol. The van der Waals surface area contributed by atoms with Crippen LogP contribution in [0.15, 0.2) is 0 Å². The van der Waals surface area contributed by atoms with Crippen LogP contribution in [0.2, 0.25) is 0 Å². The topological polar surface area (TPSA) is 113 Å². The summed E-state index contributed by atoms with van der Waals surface area (Å²) >= 11 is 0. The lowest BCUT2D eigenvalue weighted by atomic mass is 9.82. The Morgan fingerprint density at radius 3 is 2.57 bits per heavy atom. The minimum absolute atomic E-state index is 0.0597. The summed E-state index contributed by atoms with van der Waals surface area (Å²) in [6, 6.07) is -0.969. The first-order valence-electron chi connectivity index (χ1n) is 7.95. The molecule has 0 bridgehead atoms. The quantitative estimate of drug-likeness (QED) is 0.674. The number of carbonyl (C=O) groups is 3. The summed E-state index contributed by atoms with van der Waals surface area (Å²) in [4.78, 5) is 37.6. The molecule has 9 heteroatoms. The van der Waals surface area contributed by atoms with E-state index in [-0.39, 0.29) is 24.0 Å². The average molecular weight is 343 g/mol. The summed E-state index contributed by atoms with van der Waals surface area (Å²) in [6.45, 7) is -0.358. The molecule has 23 heavy (non-hydrogen) atoms. The maximum atomic E-state index is 12.5. The monoisotopic (exact) mass is 343 g/mol. The number of rotatable bonds is 3. The number of amides is 4. The van der Waals surface area contributed by atoms with Crippen molar-refractivity contribution in [1.29, 1.82) is 0 Å². The van der Waals surface area contributed by atoms with E-state index < -0.39 is 33.4 Å². The zero-order valence-electron chi connectivity index (χ0n) is 12.8. The van der Waals surface area contributed by atoms with E-state index >= 15 is 0 Å². The van der Waals surface area contributed by atoms with E-state index in [0.717, 1.165) is 24.2 Å². The van der Waals surface area contributed by atoms with Crippen LogP contribution in [0.5, 0.6) is 0 Å². The van der Waals surface area contributed by atoms with Crippen LogP contribution in [-0.2, 0) is 19.4 Å². The highest BCUT2D eigenvalue weighted by atomic mass is 32.2. The van der Waals surface area contributed by atoms with Crippen molar-refractivity contribution in [3.63, 3.8) is 0 Å². The Morgan fingerprint density at radius 1 is 1.26 bits per heavy atom. The molecule has 0 aromatic rings. The number of sulfone groups is 1. The summed E-state index contributed by atoms with van der Waals surface area (Å²) in [5.74, 6) is -0.854. The minimum Gasteiger partial charge on any atom is -0.351 e. The highest BCUT2D eigenvalue weighted by molar-refractivity contribution is 7.91. The summed E-state index contributed by atoms with van der Waals surface area (Å²) in [7, 11) is -3.09. The van der Waals surface area contributed by atoms with E-state index in [1.807, 2.05) is 0 Å². The van der Waals surface area contributed by atoms with Gasteiger partial charge in [0, 0.05) is 6.04 Å². The SMILES string of the molecule is O=C(CN1C(=O)NC2(CCCCC2)C1=O)N[C@@H]1CCS(=O)(=O)C1. The molecule has 2 N–H and O–H groups in total. The van der Waals surface area contributed by atoms with Crippen LogP contribution >= 0.6 is 0 Å². The van der Waals surface area contributed by atoms with E-state index in [2.05, 4.69) is 10.6 Å². The van der Waals surface area contributed by atoms with Crippen LogP contribution in [0, 0.1) is 0 Å². The standard InChI is InChI=1S/C14H21N3O5S/c18-11(15-10-4-7-23(21,22)9-10)8-17-12(19)14(16-13(17)20)5-2-1-3-6-14/h10H,1-9H2,(H,15,18)(H,16,20)/t10-/m1/s1. The number of hydrogen-bond donors (Lipinski definition) is 2. The van der Waals surface area contributed by atoms with E-state index in [1.54, 1.807) is 0 Å². The molecule has 0 aromatic heterocycles. The Kier molecular flexibility index (Phi) is 4.07. The van der Waals surface area contributed by atoms with E-state index in [1.165, 1.54) is 0 Å². The molecule has 1 saturated carbocycles. The van der Waals surface area contributed by atoms with Gasteiger partial charge in [-0.25, -0.2) is 13.2 Å². The van der Waals surface area contributed by atoms with Crippen molar-refractivity contribution in [3.05, 3.63) is 0 Å². The van der Waals surface area contributed by atoms with Crippen LogP contribution in [0.1, 0.15) is 38.5 Å². The fraction of sp³-hybridized carbons (Fsp3) is 0.786. The van der Waals surface area contributed by atoms with Crippen molar-refractivity contribution in [3.8, 4) is 0 Å². The Hall–Kier alpha value is -1.64. The van der Waals surface area contributed by atoms with Crippen molar-refractivity contribution in [1.82, 2.24) is 15.5 Å². The third-order valence-electron chi connectivity index (χ3n) is 4.85. The van der Waals surface area contributed by atoms with Gasteiger partial charge >= 0.3 is 6.03 Å². The maximum Gasteiger partial charge on any atom is 0.325 e. The van der Waals surface area contributed by atoms with Crippen molar-refractivity contribution in [2.45, 2.75) is 50.1 Å². The highest BCUT2D eigenvalue weighted by Gasteiger charge is 2.51. The maximum absolute atomic E-state index is 12.5. The van der Waals surface area contributed by atoms with E-state index in [9.17, 15) is 22.8 Å². The van der Waals surface area contributed by atoms with Gasteiger partial charge in [0.1, 0.15) is 12.1 Å². The number of nitrogens with zero attached hydrogens (tertiary/aromatic N) is 1. The first-order chi connectivity index (χ1) is 10.8. The van der Waals surface area contributed by atoms with Gasteiger partial charge < -0.3 is 10.6 Å². The number of imide groups is 1. The molecule has 1 aliphatic carbocycles. The average Bonchev–Trinajstić information content (AvgIpc) is 2.92. The Bertz CT molecular complexity index is 639. The smallest absolute Gasteiger partial charge is 0.325 e. The van der Waals surface area contributed by atoms with Crippen molar-refractivity contribution in [2.75, 3.05) is 18.1 Å². The summed E-state index contributed by atoms with van der Waals surface area (Å²) in [5.41, 5.74) is -0.841. The van der Waals surface area contributed by atoms with Crippen LogP contribution < -0.4 is 10.6 Å². The van der Waals surface area contributed by atoms with Gasteiger partial charge in [-0.05, 0) is 19.3 Å². The van der Waals surface area contributed by atoms with Gasteiger partial charge in [-0.1, -0.05) is 19.3 Å². The van der Waals surface area contributed by atoms with Crippen molar-refractivity contribution < 1.29 is 22.8 Å². The number of carbonyl (C=O) groups excluding carboxylic acids is 3. The van der Waals surface area contributed by atoms with Gasteiger partial charge in [0.05, 0.1) is 11.5 Å². The van der Waals surface area contributed by atoms with Gasteiger partial charge in [-0.3, -0.25) is 14.5 Å². The summed E-state index contributed by atoms with van der Waals surface area (Å²) in [5, 5.41) is 5.34. The first-order valence-corrected chi connectivity index (χ1v) is 9.77. The Morgan fingerprint density at radius 2 is 1.96 bits per heavy atom. The fourth-order valence-corrected chi connectivity index (χ4v) is 5.31. The number of urea groups is 1. The Labute approximate surface area is 134 Å². The third-order valence-corrected chi connectivity index (χ3v) is 6.62. The molecule has 0 aromatic carbocycles. The molecular formula is C14H21N3O5S. The lowest BCUT2D eigenvalue weighted by Gasteiger charge is -2.30. The first kappa shape index (κ1) is 16.2. The molecule has 3 rings (SSSR count). The van der Waals surface area contributed by atoms with Crippen LogP contribution in [0.4, 0.5) is 4.79 Å². The van der Waals surface area contributed by atoms with Gasteiger partial charge in [0.25, 0.3) is 5.91 Å². The minimum atomic E-state index is -3.09. The van der Waals surface area contributed by atoms with E-state index in [4.69, 9.17) is 0 Å². The number of hydrogen-bond acceptors (Lipinski definition) is 5. The van der Waals surface area contributed by atoms with Crippen molar-refractivity contribution >= 4 is 27.7 Å². The molecule has 2 aliphatic heterocycles. The number of nitrogens with one attached hydrogen (secondary N) is 2. The molecule has 8 nitrogen and oxygen atoms in total. The zero-order chi connectivity index (χ0) is 16.7. The zero-order valence-corrected chi connectivity index (χ0v) is 13.7. The molecule has 0 radical (unpaired) electrons. The molecule has 2 heterocycles. The van der Waals surface area contributed by atoms with Crippen molar-refractivity contribution in [2.24, 2.45) is 0 Å². The summed E-state index contributed by atoms with van der Waals surface area (Å²) in [6.07, 6.45) is 4.39. The summed E-state index contributed by atoms with van der Waals surface area (Å²) < 4.78 is 22.8. The molecule has 3 fully saturated rings. The second-order valence-corrected chi connectivity index (χ2v) is 8.86. The van der Waals surface area contributed by atoms with Gasteiger partial charge in [0.15, 0.2) is 9.84 Å². The molecular weight excluding hydrogens is 322 g/mol. The lowest BCUT2D eigenvalue weighted by molar-refractivity contribution is -0.136. The Balaban J connectivity index is 1.60. The van der Waals surface area contributed by atoms with Gasteiger partial charge in [0.2, 0.25) is 5.91 Å². The lowest BCUT2D eigenvalue weighted by Crippen LogP contribution is -2.49. The molecule has 3 aliphatic rings. The second kappa shape index (κ2) is 5.77. The van der Waals surface area contributed by atoms with Gasteiger partial charge in [-0.2, -0.15) is 0 Å². The third kappa shape index (κ3) is 3.19. The normalized spacial score (nSPS) is 28.9. The second-order valence-electron chi connectivity index (χ2n) is 6.63. The van der Waals surface area contributed by atoms with Crippen LogP contribution in [0.25, 0.3) is 0 Å². The largest absolute Gasteiger partial charge is 0.351 e. The highest BCUT2D eigenvalue weighted by Crippen LogP contribution is 2.33. The molecule has 128 valence electrons. The fourth-order valence-electron chi connectivity index (χ4n) is 3.64. The molecule has 0 unspecified atom stereocenters. The van der Waals surface area contributed by atoms with E-state index in [0.29, 0.717) is 19.3 Å². The molecule has 4 amide bonds.